The minimum Gasteiger partial charge on any atom is -0.376 e. The summed E-state index contributed by atoms with van der Waals surface area (Å²) in [6.07, 6.45) is 9.58. The van der Waals surface area contributed by atoms with Crippen molar-refractivity contribution < 1.29 is 14.3 Å². The van der Waals surface area contributed by atoms with Gasteiger partial charge in [0.15, 0.2) is 0 Å². The van der Waals surface area contributed by atoms with E-state index in [0.717, 1.165) is 45.3 Å². The van der Waals surface area contributed by atoms with E-state index in [9.17, 15) is 4.79 Å². The summed E-state index contributed by atoms with van der Waals surface area (Å²) >= 11 is 0. The topological polar surface area (TPSA) is 38.8 Å². The maximum absolute atomic E-state index is 12.8. The third kappa shape index (κ3) is 2.63. The molecule has 3 rings (SSSR count). The van der Waals surface area contributed by atoms with Crippen LogP contribution < -0.4 is 0 Å². The Hall–Kier alpha value is -0.870. The minimum atomic E-state index is 0.0896. The first kappa shape index (κ1) is 14.1. The van der Waals surface area contributed by atoms with Gasteiger partial charge in [-0.25, -0.2) is 0 Å². The number of allylic oxidation sites excluding steroid dienone is 2. The first-order valence-corrected chi connectivity index (χ1v) is 8.00. The number of rotatable bonds is 3. The Morgan fingerprint density at radius 1 is 1.35 bits per heavy atom. The lowest BCUT2D eigenvalue weighted by Gasteiger charge is -2.40. The highest BCUT2D eigenvalue weighted by molar-refractivity contribution is 5.79. The molecule has 3 aliphatic rings. The van der Waals surface area contributed by atoms with E-state index in [4.69, 9.17) is 9.47 Å². The van der Waals surface area contributed by atoms with Gasteiger partial charge >= 0.3 is 0 Å². The maximum Gasteiger partial charge on any atom is 0.226 e. The molecule has 0 unspecified atom stereocenters. The van der Waals surface area contributed by atoms with Gasteiger partial charge in [-0.05, 0) is 39.0 Å². The average molecular weight is 279 g/mol. The molecule has 0 aromatic carbocycles. The number of amides is 1. The summed E-state index contributed by atoms with van der Waals surface area (Å²) in [6, 6.07) is 0.235. The summed E-state index contributed by atoms with van der Waals surface area (Å²) in [5.74, 6) is 0.523. The highest BCUT2D eigenvalue weighted by Crippen LogP contribution is 2.34. The van der Waals surface area contributed by atoms with Crippen molar-refractivity contribution >= 4 is 5.91 Å². The molecule has 4 nitrogen and oxygen atoms in total. The minimum absolute atomic E-state index is 0.0896. The predicted octanol–water partition coefficient (Wildman–Crippen LogP) is 2.14. The van der Waals surface area contributed by atoms with Gasteiger partial charge in [-0.3, -0.25) is 4.79 Å². The van der Waals surface area contributed by atoms with Crippen molar-refractivity contribution in [3.8, 4) is 0 Å². The number of ether oxygens (including phenoxy) is 2. The number of hydrogen-bond donors (Lipinski definition) is 0. The van der Waals surface area contributed by atoms with Gasteiger partial charge in [-0.2, -0.15) is 0 Å². The SMILES string of the molecule is CCO[C@@H]1CC[C@H]2[C@H]1OCCN2C(=O)[C@@H]1CC=CCC1. The number of nitrogens with zero attached hydrogens (tertiary/aromatic N) is 1. The second-order valence-corrected chi connectivity index (χ2v) is 5.99. The van der Waals surface area contributed by atoms with Gasteiger partial charge in [-0.15, -0.1) is 0 Å². The molecule has 4 heteroatoms. The van der Waals surface area contributed by atoms with Crippen LogP contribution in [0.5, 0.6) is 0 Å². The van der Waals surface area contributed by atoms with Crippen molar-refractivity contribution in [2.45, 2.75) is 57.3 Å². The van der Waals surface area contributed by atoms with E-state index in [0.29, 0.717) is 12.5 Å². The normalized spacial score (nSPS) is 37.0. The van der Waals surface area contributed by atoms with Gasteiger partial charge < -0.3 is 14.4 Å². The summed E-state index contributed by atoms with van der Waals surface area (Å²) in [7, 11) is 0. The first-order chi connectivity index (χ1) is 9.81. The lowest BCUT2D eigenvalue weighted by Crippen LogP contribution is -2.55. The molecule has 20 heavy (non-hydrogen) atoms. The van der Waals surface area contributed by atoms with Crippen molar-refractivity contribution in [2.75, 3.05) is 19.8 Å². The van der Waals surface area contributed by atoms with Crippen LogP contribution in [0.15, 0.2) is 12.2 Å². The predicted molar refractivity (Wildman–Crippen MR) is 76.4 cm³/mol. The molecule has 1 heterocycles. The fourth-order valence-corrected chi connectivity index (χ4v) is 3.83. The maximum atomic E-state index is 12.8. The largest absolute Gasteiger partial charge is 0.376 e. The van der Waals surface area contributed by atoms with Crippen LogP contribution in [0.2, 0.25) is 0 Å². The zero-order valence-electron chi connectivity index (χ0n) is 12.3. The molecule has 0 bridgehead atoms. The Morgan fingerprint density at radius 2 is 2.25 bits per heavy atom. The Labute approximate surface area is 121 Å². The molecule has 1 aliphatic heterocycles. The molecule has 0 aromatic rings. The molecule has 2 fully saturated rings. The number of carbonyl (C=O) groups excluding carboxylic acids is 1. The Morgan fingerprint density at radius 3 is 3.00 bits per heavy atom. The van der Waals surface area contributed by atoms with Crippen LogP contribution in [-0.2, 0) is 14.3 Å². The van der Waals surface area contributed by atoms with Crippen LogP contribution in [0.25, 0.3) is 0 Å². The molecule has 0 spiro atoms. The quantitative estimate of drug-likeness (QED) is 0.743. The van der Waals surface area contributed by atoms with E-state index in [-0.39, 0.29) is 24.2 Å². The summed E-state index contributed by atoms with van der Waals surface area (Å²) in [5, 5.41) is 0. The van der Waals surface area contributed by atoms with Gasteiger partial charge in [0.25, 0.3) is 0 Å². The van der Waals surface area contributed by atoms with Crippen molar-refractivity contribution in [1.82, 2.24) is 4.90 Å². The molecular weight excluding hydrogens is 254 g/mol. The number of fused-ring (bicyclic) bond motifs is 1. The van der Waals surface area contributed by atoms with E-state index in [2.05, 4.69) is 17.1 Å². The monoisotopic (exact) mass is 279 g/mol. The lowest BCUT2D eigenvalue weighted by atomic mass is 9.92. The smallest absolute Gasteiger partial charge is 0.226 e. The van der Waals surface area contributed by atoms with Crippen molar-refractivity contribution in [1.29, 1.82) is 0 Å². The molecule has 1 amide bonds. The molecule has 4 atom stereocenters. The van der Waals surface area contributed by atoms with Crippen LogP contribution in [0.4, 0.5) is 0 Å². The van der Waals surface area contributed by atoms with Crippen LogP contribution in [-0.4, -0.2) is 48.8 Å². The van der Waals surface area contributed by atoms with E-state index < -0.39 is 0 Å². The third-order valence-corrected chi connectivity index (χ3v) is 4.82. The van der Waals surface area contributed by atoms with Crippen LogP contribution in [0.1, 0.15) is 39.0 Å². The molecule has 112 valence electrons. The molecule has 1 saturated heterocycles. The van der Waals surface area contributed by atoms with E-state index in [1.54, 1.807) is 0 Å². The van der Waals surface area contributed by atoms with Gasteiger partial charge in [0.05, 0.1) is 18.8 Å². The Bertz CT molecular complexity index is 382. The van der Waals surface area contributed by atoms with Crippen molar-refractivity contribution in [3.63, 3.8) is 0 Å². The molecular formula is C16H25NO3. The standard InChI is InChI=1S/C16H25NO3/c1-2-19-14-9-8-13-15(14)20-11-10-17(13)16(18)12-6-4-3-5-7-12/h3-4,12-15H,2,5-11H2,1H3/t12-,13+,14-,15-/m1/s1. The van der Waals surface area contributed by atoms with Gasteiger partial charge in [0.1, 0.15) is 6.10 Å². The molecule has 0 aromatic heterocycles. The number of morpholine rings is 1. The average Bonchev–Trinajstić information content (AvgIpc) is 2.91. The summed E-state index contributed by atoms with van der Waals surface area (Å²) in [5.41, 5.74) is 0. The Kier molecular flexibility index (Phi) is 4.41. The second kappa shape index (κ2) is 6.27. The molecule has 0 radical (unpaired) electrons. The van der Waals surface area contributed by atoms with Crippen LogP contribution in [0.3, 0.4) is 0 Å². The van der Waals surface area contributed by atoms with Gasteiger partial charge in [0, 0.05) is 19.1 Å². The summed E-state index contributed by atoms with van der Waals surface area (Å²) < 4.78 is 11.7. The second-order valence-electron chi connectivity index (χ2n) is 5.99. The van der Waals surface area contributed by atoms with E-state index in [1.807, 2.05) is 6.92 Å². The molecule has 0 N–H and O–H groups in total. The highest BCUT2D eigenvalue weighted by Gasteiger charge is 2.45. The Balaban J connectivity index is 1.67. The van der Waals surface area contributed by atoms with E-state index >= 15 is 0 Å². The summed E-state index contributed by atoms with van der Waals surface area (Å²) in [6.45, 7) is 4.14. The number of hydrogen-bond acceptors (Lipinski definition) is 3. The molecule has 2 aliphatic carbocycles. The zero-order chi connectivity index (χ0) is 13.9. The fourth-order valence-electron chi connectivity index (χ4n) is 3.83. The summed E-state index contributed by atoms with van der Waals surface area (Å²) in [4.78, 5) is 14.9. The molecule has 1 saturated carbocycles. The van der Waals surface area contributed by atoms with Crippen LogP contribution in [0, 0.1) is 5.92 Å². The highest BCUT2D eigenvalue weighted by atomic mass is 16.5. The number of carbonyl (C=O) groups is 1. The zero-order valence-corrected chi connectivity index (χ0v) is 12.3. The van der Waals surface area contributed by atoms with Crippen molar-refractivity contribution in [2.24, 2.45) is 5.92 Å². The van der Waals surface area contributed by atoms with E-state index in [1.165, 1.54) is 0 Å². The van der Waals surface area contributed by atoms with Gasteiger partial charge in [0.2, 0.25) is 5.91 Å². The first-order valence-electron chi connectivity index (χ1n) is 8.00. The fraction of sp³-hybridized carbons (Fsp3) is 0.812. The van der Waals surface area contributed by atoms with Crippen LogP contribution >= 0.6 is 0 Å². The van der Waals surface area contributed by atoms with Gasteiger partial charge in [-0.1, -0.05) is 12.2 Å². The third-order valence-electron chi connectivity index (χ3n) is 4.82. The lowest BCUT2D eigenvalue weighted by molar-refractivity contribution is -0.155. The van der Waals surface area contributed by atoms with Crippen molar-refractivity contribution in [3.05, 3.63) is 12.2 Å².